The van der Waals surface area contributed by atoms with Gasteiger partial charge in [-0.15, -0.1) is 0 Å². The van der Waals surface area contributed by atoms with Gasteiger partial charge in [-0.2, -0.15) is 0 Å². The second-order valence-electron chi connectivity index (χ2n) is 6.50. The van der Waals surface area contributed by atoms with Gasteiger partial charge in [-0.25, -0.2) is 0 Å². The molecule has 0 saturated carbocycles. The van der Waals surface area contributed by atoms with Crippen molar-refractivity contribution in [2.75, 3.05) is 0 Å². The molecule has 0 saturated heterocycles. The minimum absolute atomic E-state index is 0.906. The second kappa shape index (κ2) is 5.78. The lowest BCUT2D eigenvalue weighted by Crippen LogP contribution is -1.92. The van der Waals surface area contributed by atoms with Crippen LogP contribution < -0.4 is 0 Å². The number of pyridine rings is 1. The van der Waals surface area contributed by atoms with Gasteiger partial charge in [-0.1, -0.05) is 24.3 Å². The van der Waals surface area contributed by atoms with Crippen molar-refractivity contribution < 1.29 is 0 Å². The molecule has 0 amide bonds. The summed E-state index contributed by atoms with van der Waals surface area (Å²) in [6.45, 7) is 0. The number of nitrogens with zero attached hydrogens (tertiary/aromatic N) is 3. The molecule has 3 nitrogen and oxygen atoms in total. The van der Waals surface area contributed by atoms with E-state index in [1.807, 2.05) is 18.3 Å². The summed E-state index contributed by atoms with van der Waals surface area (Å²) in [7, 11) is 0. The smallest absolute Gasteiger partial charge is 0.0892 e. The van der Waals surface area contributed by atoms with E-state index in [0.29, 0.717) is 0 Å². The molecule has 0 atom stereocenters. The number of aromatic nitrogens is 3. The molecule has 25 heavy (non-hydrogen) atoms. The Bertz CT molecular complexity index is 1090. The van der Waals surface area contributed by atoms with Gasteiger partial charge in [0.05, 0.1) is 16.7 Å². The third kappa shape index (κ3) is 2.49. The van der Waals surface area contributed by atoms with Crippen LogP contribution in [-0.2, 0) is 12.8 Å². The van der Waals surface area contributed by atoms with Crippen LogP contribution in [0.2, 0.25) is 0 Å². The van der Waals surface area contributed by atoms with Gasteiger partial charge in [-0.05, 0) is 60.2 Å². The fourth-order valence-corrected chi connectivity index (χ4v) is 3.72. The lowest BCUT2D eigenvalue weighted by molar-refractivity contribution is 0.912. The predicted molar refractivity (Wildman–Crippen MR) is 100 cm³/mol. The molecule has 2 heterocycles. The maximum absolute atomic E-state index is 4.69. The molecule has 1 aliphatic rings. The van der Waals surface area contributed by atoms with E-state index < -0.39 is 0 Å². The van der Waals surface area contributed by atoms with Gasteiger partial charge in [0.15, 0.2) is 0 Å². The van der Waals surface area contributed by atoms with Crippen LogP contribution in [0.25, 0.3) is 33.4 Å². The molecule has 0 radical (unpaired) electrons. The van der Waals surface area contributed by atoms with E-state index in [1.54, 1.807) is 12.4 Å². The molecule has 2 aromatic heterocycles. The fraction of sp³-hybridized carbons (Fsp3) is 0.136. The molecule has 0 fully saturated rings. The van der Waals surface area contributed by atoms with Crippen LogP contribution in [0.15, 0.2) is 67.1 Å². The molecule has 0 spiro atoms. The largest absolute Gasteiger partial charge is 0.256 e. The summed E-state index contributed by atoms with van der Waals surface area (Å²) in [5, 5.41) is 0. The number of benzene rings is 2. The molecule has 3 heteroatoms. The van der Waals surface area contributed by atoms with Crippen molar-refractivity contribution in [2.45, 2.75) is 19.3 Å². The van der Waals surface area contributed by atoms with Gasteiger partial charge in [0.1, 0.15) is 0 Å². The highest BCUT2D eigenvalue weighted by molar-refractivity contribution is 5.86. The van der Waals surface area contributed by atoms with Crippen LogP contribution in [0.4, 0.5) is 0 Å². The second-order valence-corrected chi connectivity index (χ2v) is 6.50. The first-order chi connectivity index (χ1) is 12.4. The van der Waals surface area contributed by atoms with Gasteiger partial charge < -0.3 is 0 Å². The standard InChI is InChI=1S/C22H17N3/c1-3-15-6-7-18(13-16(15)4-1)22-19(5-2-10-25-22)17-8-9-20-21(14-17)24-12-11-23-20/h2,5-14H,1,3-4H2. The first-order valence-electron chi connectivity index (χ1n) is 8.67. The maximum Gasteiger partial charge on any atom is 0.0892 e. The van der Waals surface area contributed by atoms with Crippen LogP contribution in [0, 0.1) is 0 Å². The average molecular weight is 323 g/mol. The van der Waals surface area contributed by atoms with Crippen molar-refractivity contribution >= 4 is 11.0 Å². The number of fused-ring (bicyclic) bond motifs is 2. The Morgan fingerprint density at radius 3 is 2.44 bits per heavy atom. The van der Waals surface area contributed by atoms with E-state index in [-0.39, 0.29) is 0 Å². The summed E-state index contributed by atoms with van der Waals surface area (Å²) in [6, 6.07) is 17.1. The van der Waals surface area contributed by atoms with Crippen LogP contribution in [0.5, 0.6) is 0 Å². The van der Waals surface area contributed by atoms with Crippen molar-refractivity contribution in [3.8, 4) is 22.4 Å². The molecule has 0 unspecified atom stereocenters. The molecular weight excluding hydrogens is 306 g/mol. The minimum Gasteiger partial charge on any atom is -0.256 e. The van der Waals surface area contributed by atoms with Crippen molar-refractivity contribution in [3.05, 3.63) is 78.2 Å². The van der Waals surface area contributed by atoms with E-state index in [0.717, 1.165) is 27.9 Å². The summed E-state index contributed by atoms with van der Waals surface area (Å²) in [5.41, 5.74) is 9.25. The maximum atomic E-state index is 4.69. The highest BCUT2D eigenvalue weighted by Gasteiger charge is 2.14. The van der Waals surface area contributed by atoms with Crippen molar-refractivity contribution in [1.82, 2.24) is 15.0 Å². The summed E-state index contributed by atoms with van der Waals surface area (Å²) >= 11 is 0. The Labute approximate surface area is 146 Å². The molecule has 0 bridgehead atoms. The molecule has 1 aliphatic carbocycles. The van der Waals surface area contributed by atoms with Crippen LogP contribution in [0.3, 0.4) is 0 Å². The Kier molecular flexibility index (Phi) is 3.30. The van der Waals surface area contributed by atoms with Gasteiger partial charge >= 0.3 is 0 Å². The Morgan fingerprint density at radius 1 is 0.640 bits per heavy atom. The summed E-state index contributed by atoms with van der Waals surface area (Å²) in [5.74, 6) is 0. The summed E-state index contributed by atoms with van der Waals surface area (Å²) in [6.07, 6.45) is 8.97. The van der Waals surface area contributed by atoms with Crippen LogP contribution >= 0.6 is 0 Å². The lowest BCUT2D eigenvalue weighted by atomic mass is 9.97. The molecular formula is C22H17N3. The van der Waals surface area contributed by atoms with Crippen molar-refractivity contribution in [3.63, 3.8) is 0 Å². The zero-order valence-electron chi connectivity index (χ0n) is 13.8. The number of hydrogen-bond acceptors (Lipinski definition) is 3. The van der Waals surface area contributed by atoms with Gasteiger partial charge in [0.25, 0.3) is 0 Å². The average Bonchev–Trinajstić information content (AvgIpc) is 3.15. The van der Waals surface area contributed by atoms with E-state index >= 15 is 0 Å². The van der Waals surface area contributed by atoms with Crippen LogP contribution in [0.1, 0.15) is 17.5 Å². The molecule has 2 aromatic carbocycles. The van der Waals surface area contributed by atoms with Gasteiger partial charge in [0, 0.05) is 29.7 Å². The Morgan fingerprint density at radius 2 is 1.48 bits per heavy atom. The minimum atomic E-state index is 0.906. The topological polar surface area (TPSA) is 38.7 Å². The zero-order valence-corrected chi connectivity index (χ0v) is 13.8. The highest BCUT2D eigenvalue weighted by atomic mass is 14.8. The van der Waals surface area contributed by atoms with E-state index in [1.165, 1.54) is 36.0 Å². The number of hydrogen-bond donors (Lipinski definition) is 0. The Hall–Kier alpha value is -3.07. The highest BCUT2D eigenvalue weighted by Crippen LogP contribution is 2.33. The Balaban J connectivity index is 1.67. The molecule has 120 valence electrons. The van der Waals surface area contributed by atoms with E-state index in [9.17, 15) is 0 Å². The zero-order chi connectivity index (χ0) is 16.6. The monoisotopic (exact) mass is 323 g/mol. The van der Waals surface area contributed by atoms with Crippen LogP contribution in [-0.4, -0.2) is 15.0 Å². The predicted octanol–water partition coefficient (Wildman–Crippen LogP) is 4.85. The van der Waals surface area contributed by atoms with Gasteiger partial charge in [0.2, 0.25) is 0 Å². The van der Waals surface area contributed by atoms with Crippen molar-refractivity contribution in [1.29, 1.82) is 0 Å². The van der Waals surface area contributed by atoms with E-state index in [4.69, 9.17) is 4.98 Å². The number of aryl methyl sites for hydroxylation is 2. The first-order valence-corrected chi connectivity index (χ1v) is 8.67. The summed E-state index contributed by atoms with van der Waals surface area (Å²) < 4.78 is 0. The SMILES string of the molecule is c1cnc(-c2ccc3c(c2)CCC3)c(-c2ccc3nccnc3c2)c1. The van der Waals surface area contributed by atoms with Gasteiger partial charge in [-0.3, -0.25) is 15.0 Å². The fourth-order valence-electron chi connectivity index (χ4n) is 3.72. The normalized spacial score (nSPS) is 13.1. The van der Waals surface area contributed by atoms with Crippen molar-refractivity contribution in [2.24, 2.45) is 0 Å². The molecule has 5 rings (SSSR count). The molecule has 0 N–H and O–H groups in total. The molecule has 0 aliphatic heterocycles. The summed E-state index contributed by atoms with van der Waals surface area (Å²) in [4.78, 5) is 13.5. The lowest BCUT2D eigenvalue weighted by Gasteiger charge is -2.11. The third-order valence-electron chi connectivity index (χ3n) is 4.96. The van der Waals surface area contributed by atoms with E-state index in [2.05, 4.69) is 46.4 Å². The molecule has 4 aromatic rings. The third-order valence-corrected chi connectivity index (χ3v) is 4.96. The quantitative estimate of drug-likeness (QED) is 0.529. The number of rotatable bonds is 2. The first kappa shape index (κ1) is 14.3.